The van der Waals surface area contributed by atoms with Crippen LogP contribution in [0.1, 0.15) is 17.3 Å². The minimum absolute atomic E-state index is 0.0806. The van der Waals surface area contributed by atoms with Crippen molar-refractivity contribution in [3.8, 4) is 0 Å². The Kier molecular flexibility index (Phi) is 2.84. The number of benzene rings is 1. The highest BCUT2D eigenvalue weighted by molar-refractivity contribution is 6.08. The van der Waals surface area contributed by atoms with E-state index in [1.165, 1.54) is 0 Å². The standard InChI is InChI=1S/C15H16N2O/c1-10(11-8-16-9-11)15(18)13-4-2-6-14-12(13)5-3-7-17-14/h2-7,10-11,16H,8-9H2,1H3. The molecule has 3 heteroatoms. The molecule has 0 aliphatic carbocycles. The van der Waals surface area contributed by atoms with Gasteiger partial charge in [-0.05, 0) is 31.1 Å². The van der Waals surface area contributed by atoms with Gasteiger partial charge in [0.1, 0.15) is 0 Å². The first-order valence-corrected chi connectivity index (χ1v) is 6.36. The summed E-state index contributed by atoms with van der Waals surface area (Å²) in [4.78, 5) is 16.8. The summed E-state index contributed by atoms with van der Waals surface area (Å²) in [7, 11) is 0. The molecule has 0 amide bonds. The molecule has 1 aromatic heterocycles. The summed E-state index contributed by atoms with van der Waals surface area (Å²) in [5.41, 5.74) is 1.70. The number of hydrogen-bond donors (Lipinski definition) is 1. The van der Waals surface area contributed by atoms with Crippen LogP contribution in [0.25, 0.3) is 10.9 Å². The lowest BCUT2D eigenvalue weighted by Crippen LogP contribution is -2.47. The maximum absolute atomic E-state index is 12.5. The van der Waals surface area contributed by atoms with Crippen molar-refractivity contribution in [2.45, 2.75) is 6.92 Å². The molecule has 1 aromatic carbocycles. The predicted molar refractivity (Wildman–Crippen MR) is 71.6 cm³/mol. The van der Waals surface area contributed by atoms with Crippen LogP contribution in [0.3, 0.4) is 0 Å². The van der Waals surface area contributed by atoms with Crippen molar-refractivity contribution in [3.63, 3.8) is 0 Å². The number of hydrogen-bond acceptors (Lipinski definition) is 3. The summed E-state index contributed by atoms with van der Waals surface area (Å²) < 4.78 is 0. The van der Waals surface area contributed by atoms with Gasteiger partial charge in [-0.2, -0.15) is 0 Å². The van der Waals surface area contributed by atoms with Crippen LogP contribution in [-0.2, 0) is 0 Å². The summed E-state index contributed by atoms with van der Waals surface area (Å²) in [5.74, 6) is 0.793. The molecule has 0 spiro atoms. The van der Waals surface area contributed by atoms with E-state index in [9.17, 15) is 4.79 Å². The average Bonchev–Trinajstić information content (AvgIpc) is 2.35. The van der Waals surface area contributed by atoms with Crippen molar-refractivity contribution >= 4 is 16.7 Å². The van der Waals surface area contributed by atoms with Crippen LogP contribution in [-0.4, -0.2) is 23.9 Å². The molecule has 18 heavy (non-hydrogen) atoms. The van der Waals surface area contributed by atoms with Crippen LogP contribution in [0.2, 0.25) is 0 Å². The molecule has 1 saturated heterocycles. The molecular weight excluding hydrogens is 224 g/mol. The predicted octanol–water partition coefficient (Wildman–Crippen LogP) is 2.27. The van der Waals surface area contributed by atoms with Crippen molar-refractivity contribution in [3.05, 3.63) is 42.1 Å². The number of nitrogens with one attached hydrogen (secondary N) is 1. The van der Waals surface area contributed by atoms with Gasteiger partial charge in [-0.15, -0.1) is 0 Å². The van der Waals surface area contributed by atoms with Gasteiger partial charge >= 0.3 is 0 Å². The van der Waals surface area contributed by atoms with E-state index in [-0.39, 0.29) is 11.7 Å². The van der Waals surface area contributed by atoms with Gasteiger partial charge in [-0.25, -0.2) is 0 Å². The number of Topliss-reactive ketones (excluding diaryl/α,β-unsaturated/α-hetero) is 1. The quantitative estimate of drug-likeness (QED) is 0.837. The molecule has 2 aromatic rings. The van der Waals surface area contributed by atoms with Gasteiger partial charge in [-0.3, -0.25) is 9.78 Å². The van der Waals surface area contributed by atoms with E-state index in [1.807, 2.05) is 37.3 Å². The summed E-state index contributed by atoms with van der Waals surface area (Å²) in [5, 5.41) is 4.18. The Hall–Kier alpha value is -1.74. The molecule has 92 valence electrons. The van der Waals surface area contributed by atoms with Gasteiger partial charge in [-0.1, -0.05) is 25.1 Å². The van der Waals surface area contributed by atoms with Crippen LogP contribution in [0, 0.1) is 11.8 Å². The fourth-order valence-corrected chi connectivity index (χ4v) is 2.44. The highest BCUT2D eigenvalue weighted by atomic mass is 16.1. The van der Waals surface area contributed by atoms with Gasteiger partial charge in [0.25, 0.3) is 0 Å². The molecule has 3 nitrogen and oxygen atoms in total. The molecular formula is C15H16N2O. The van der Waals surface area contributed by atoms with Crippen LogP contribution in [0.15, 0.2) is 36.5 Å². The van der Waals surface area contributed by atoms with E-state index in [1.54, 1.807) is 6.20 Å². The van der Waals surface area contributed by atoms with Crippen LogP contribution in [0.4, 0.5) is 0 Å². The fourth-order valence-electron chi connectivity index (χ4n) is 2.44. The van der Waals surface area contributed by atoms with E-state index in [2.05, 4.69) is 10.3 Å². The minimum atomic E-state index is 0.0806. The summed E-state index contributed by atoms with van der Waals surface area (Å²) in [6.45, 7) is 3.94. The van der Waals surface area contributed by atoms with E-state index in [4.69, 9.17) is 0 Å². The molecule has 2 heterocycles. The zero-order chi connectivity index (χ0) is 12.5. The Balaban J connectivity index is 2.00. The maximum Gasteiger partial charge on any atom is 0.166 e. The second-order valence-electron chi connectivity index (χ2n) is 4.95. The largest absolute Gasteiger partial charge is 0.316 e. The third kappa shape index (κ3) is 1.81. The maximum atomic E-state index is 12.5. The molecule has 3 rings (SSSR count). The number of pyridine rings is 1. The number of carbonyl (C=O) groups is 1. The number of ketones is 1. The lowest BCUT2D eigenvalue weighted by Gasteiger charge is -2.31. The monoisotopic (exact) mass is 240 g/mol. The molecule has 0 radical (unpaired) electrons. The molecule has 0 bridgehead atoms. The normalized spacial score (nSPS) is 17.4. The zero-order valence-corrected chi connectivity index (χ0v) is 10.4. The van der Waals surface area contributed by atoms with Gasteiger partial charge in [0.15, 0.2) is 5.78 Å². The number of aromatic nitrogens is 1. The van der Waals surface area contributed by atoms with Gasteiger partial charge in [0.2, 0.25) is 0 Å². The highest BCUT2D eigenvalue weighted by Crippen LogP contribution is 2.24. The first kappa shape index (κ1) is 11.4. The zero-order valence-electron chi connectivity index (χ0n) is 10.4. The van der Waals surface area contributed by atoms with E-state index in [0.29, 0.717) is 5.92 Å². The Bertz CT molecular complexity index is 585. The van der Waals surface area contributed by atoms with Crippen LogP contribution < -0.4 is 5.32 Å². The average molecular weight is 240 g/mol. The van der Waals surface area contributed by atoms with Crippen molar-refractivity contribution < 1.29 is 4.79 Å². The van der Waals surface area contributed by atoms with Crippen molar-refractivity contribution in [2.75, 3.05) is 13.1 Å². The number of carbonyl (C=O) groups excluding carboxylic acids is 1. The Morgan fingerprint density at radius 1 is 1.33 bits per heavy atom. The smallest absolute Gasteiger partial charge is 0.166 e. The van der Waals surface area contributed by atoms with Gasteiger partial charge < -0.3 is 5.32 Å². The fraction of sp³-hybridized carbons (Fsp3) is 0.333. The lowest BCUT2D eigenvalue weighted by molar-refractivity contribution is 0.0856. The van der Waals surface area contributed by atoms with Gasteiger partial charge in [0, 0.05) is 23.1 Å². The van der Waals surface area contributed by atoms with Crippen LogP contribution in [0.5, 0.6) is 0 Å². The first-order chi connectivity index (χ1) is 8.77. The molecule has 1 aliphatic heterocycles. The van der Waals surface area contributed by atoms with E-state index >= 15 is 0 Å². The third-order valence-electron chi connectivity index (χ3n) is 3.84. The number of fused-ring (bicyclic) bond motifs is 1. The summed E-state index contributed by atoms with van der Waals surface area (Å²) in [6, 6.07) is 9.63. The number of rotatable bonds is 3. The molecule has 1 unspecified atom stereocenters. The Labute approximate surface area is 106 Å². The Morgan fingerprint density at radius 3 is 2.89 bits per heavy atom. The minimum Gasteiger partial charge on any atom is -0.316 e. The topological polar surface area (TPSA) is 42.0 Å². The number of nitrogens with zero attached hydrogens (tertiary/aromatic N) is 1. The molecule has 1 N–H and O–H groups in total. The molecule has 1 atom stereocenters. The molecule has 1 fully saturated rings. The first-order valence-electron chi connectivity index (χ1n) is 6.36. The summed E-state index contributed by atoms with van der Waals surface area (Å²) >= 11 is 0. The van der Waals surface area contributed by atoms with Crippen molar-refractivity contribution in [1.29, 1.82) is 0 Å². The highest BCUT2D eigenvalue weighted by Gasteiger charge is 2.29. The van der Waals surface area contributed by atoms with E-state index < -0.39 is 0 Å². The third-order valence-corrected chi connectivity index (χ3v) is 3.84. The Morgan fingerprint density at radius 2 is 2.17 bits per heavy atom. The van der Waals surface area contributed by atoms with Crippen molar-refractivity contribution in [1.82, 2.24) is 10.3 Å². The molecule has 0 saturated carbocycles. The second kappa shape index (κ2) is 4.50. The SMILES string of the molecule is CC(C(=O)c1cccc2ncccc12)C1CNC1. The van der Waals surface area contributed by atoms with Crippen molar-refractivity contribution in [2.24, 2.45) is 11.8 Å². The summed E-state index contributed by atoms with van der Waals surface area (Å²) in [6.07, 6.45) is 1.76. The van der Waals surface area contributed by atoms with Crippen LogP contribution >= 0.6 is 0 Å². The van der Waals surface area contributed by atoms with E-state index in [0.717, 1.165) is 29.6 Å². The molecule has 1 aliphatic rings. The second-order valence-corrected chi connectivity index (χ2v) is 4.95. The van der Waals surface area contributed by atoms with Gasteiger partial charge in [0.05, 0.1) is 5.52 Å². The lowest BCUT2D eigenvalue weighted by atomic mass is 9.83.